The standard InChI is InChI=1S/C17H17FN2O4S/c18-12-5-3-11(4-6-12)10-14-16(22)20(17(23)25-14)8-7-19-15(21)13-2-1-9-24-13/h3-6,10,13H,1-2,7-9H2,(H,19,21)/b14-10-/t13-/m1/s1. The predicted molar refractivity (Wildman–Crippen MR) is 91.1 cm³/mol. The van der Waals surface area contributed by atoms with E-state index >= 15 is 0 Å². The minimum absolute atomic E-state index is 0.101. The van der Waals surface area contributed by atoms with Gasteiger partial charge in [-0.05, 0) is 48.4 Å². The molecule has 2 saturated heterocycles. The summed E-state index contributed by atoms with van der Waals surface area (Å²) in [4.78, 5) is 37.5. The SMILES string of the molecule is O=C(NCCN1C(=O)S/C(=C\c2ccc(F)cc2)C1=O)[C@H]1CCCO1. The summed E-state index contributed by atoms with van der Waals surface area (Å²) < 4.78 is 18.2. The van der Waals surface area contributed by atoms with Crippen LogP contribution in [0.3, 0.4) is 0 Å². The van der Waals surface area contributed by atoms with Crippen LogP contribution in [0, 0.1) is 5.82 Å². The average Bonchev–Trinajstić information content (AvgIpc) is 3.21. The number of hydrogen-bond donors (Lipinski definition) is 1. The van der Waals surface area contributed by atoms with E-state index in [0.29, 0.717) is 18.6 Å². The molecule has 0 spiro atoms. The van der Waals surface area contributed by atoms with E-state index in [9.17, 15) is 18.8 Å². The molecule has 0 unspecified atom stereocenters. The van der Waals surface area contributed by atoms with Gasteiger partial charge in [0.25, 0.3) is 11.1 Å². The Hall–Kier alpha value is -2.19. The number of thioether (sulfide) groups is 1. The molecule has 0 aromatic heterocycles. The zero-order valence-corrected chi connectivity index (χ0v) is 14.2. The Kier molecular flexibility index (Phi) is 5.50. The van der Waals surface area contributed by atoms with Crippen LogP contribution in [0.1, 0.15) is 18.4 Å². The molecule has 0 bridgehead atoms. The molecule has 1 aromatic carbocycles. The number of amides is 3. The van der Waals surface area contributed by atoms with Crippen LogP contribution in [-0.4, -0.2) is 47.8 Å². The lowest BCUT2D eigenvalue weighted by atomic mass is 10.2. The van der Waals surface area contributed by atoms with Gasteiger partial charge in [0.05, 0.1) is 4.91 Å². The molecule has 1 atom stereocenters. The molecule has 6 nitrogen and oxygen atoms in total. The molecule has 3 amide bonds. The van der Waals surface area contributed by atoms with Gasteiger partial charge in [0, 0.05) is 19.7 Å². The van der Waals surface area contributed by atoms with E-state index in [1.807, 2.05) is 0 Å². The van der Waals surface area contributed by atoms with Gasteiger partial charge in [-0.25, -0.2) is 4.39 Å². The maximum absolute atomic E-state index is 12.9. The van der Waals surface area contributed by atoms with E-state index in [2.05, 4.69) is 5.32 Å². The van der Waals surface area contributed by atoms with Gasteiger partial charge in [-0.15, -0.1) is 0 Å². The van der Waals surface area contributed by atoms with Crippen molar-refractivity contribution in [2.45, 2.75) is 18.9 Å². The number of benzene rings is 1. The van der Waals surface area contributed by atoms with Crippen molar-refractivity contribution in [3.63, 3.8) is 0 Å². The van der Waals surface area contributed by atoms with E-state index in [-0.39, 0.29) is 35.0 Å². The lowest BCUT2D eigenvalue weighted by Gasteiger charge is -2.14. The van der Waals surface area contributed by atoms with E-state index in [0.717, 1.165) is 23.1 Å². The maximum Gasteiger partial charge on any atom is 0.293 e. The van der Waals surface area contributed by atoms with Crippen LogP contribution in [0.25, 0.3) is 6.08 Å². The number of imide groups is 1. The minimum Gasteiger partial charge on any atom is -0.368 e. The highest BCUT2D eigenvalue weighted by molar-refractivity contribution is 8.18. The van der Waals surface area contributed by atoms with Gasteiger partial charge in [0.2, 0.25) is 5.91 Å². The Labute approximate surface area is 148 Å². The fourth-order valence-electron chi connectivity index (χ4n) is 2.59. The number of carbonyl (C=O) groups excluding carboxylic acids is 3. The van der Waals surface area contributed by atoms with Crippen molar-refractivity contribution in [1.82, 2.24) is 10.2 Å². The number of ether oxygens (including phenoxy) is 1. The summed E-state index contributed by atoms with van der Waals surface area (Å²) in [7, 11) is 0. The van der Waals surface area contributed by atoms with Crippen LogP contribution in [-0.2, 0) is 14.3 Å². The van der Waals surface area contributed by atoms with Crippen LogP contribution in [0.5, 0.6) is 0 Å². The third-order valence-corrected chi connectivity index (χ3v) is 4.81. The Morgan fingerprint density at radius 2 is 2.12 bits per heavy atom. The number of rotatable bonds is 5. The van der Waals surface area contributed by atoms with Crippen LogP contribution < -0.4 is 5.32 Å². The molecule has 2 aliphatic heterocycles. The highest BCUT2D eigenvalue weighted by Crippen LogP contribution is 2.31. The lowest BCUT2D eigenvalue weighted by Crippen LogP contribution is -2.40. The van der Waals surface area contributed by atoms with Crippen molar-refractivity contribution < 1.29 is 23.5 Å². The van der Waals surface area contributed by atoms with Gasteiger partial charge < -0.3 is 10.1 Å². The molecule has 3 rings (SSSR count). The molecule has 2 heterocycles. The van der Waals surface area contributed by atoms with Crippen LogP contribution in [0.15, 0.2) is 29.2 Å². The summed E-state index contributed by atoms with van der Waals surface area (Å²) in [5, 5.41) is 2.30. The Morgan fingerprint density at radius 1 is 1.36 bits per heavy atom. The van der Waals surface area contributed by atoms with Gasteiger partial charge in [-0.1, -0.05) is 12.1 Å². The largest absolute Gasteiger partial charge is 0.368 e. The maximum atomic E-state index is 12.9. The topological polar surface area (TPSA) is 75.7 Å². The Bertz CT molecular complexity index is 714. The van der Waals surface area contributed by atoms with Crippen molar-refractivity contribution in [2.75, 3.05) is 19.7 Å². The van der Waals surface area contributed by atoms with E-state index < -0.39 is 12.0 Å². The second kappa shape index (κ2) is 7.79. The summed E-state index contributed by atoms with van der Waals surface area (Å²) in [5.41, 5.74) is 0.638. The molecule has 0 radical (unpaired) electrons. The predicted octanol–water partition coefficient (Wildman–Crippen LogP) is 2.16. The first-order valence-corrected chi connectivity index (χ1v) is 8.76. The van der Waals surface area contributed by atoms with Crippen molar-refractivity contribution >= 4 is 34.9 Å². The van der Waals surface area contributed by atoms with Crippen LogP contribution in [0.4, 0.5) is 9.18 Å². The third kappa shape index (κ3) is 4.26. The molecule has 2 fully saturated rings. The zero-order valence-electron chi connectivity index (χ0n) is 13.4. The normalized spacial score (nSPS) is 22.0. The monoisotopic (exact) mass is 364 g/mol. The molecule has 1 N–H and O–H groups in total. The molecule has 0 saturated carbocycles. The van der Waals surface area contributed by atoms with Crippen LogP contribution >= 0.6 is 11.8 Å². The molecule has 0 aliphatic carbocycles. The number of nitrogens with zero attached hydrogens (tertiary/aromatic N) is 1. The number of halogens is 1. The highest BCUT2D eigenvalue weighted by atomic mass is 32.2. The van der Waals surface area contributed by atoms with Gasteiger partial charge in [0.1, 0.15) is 11.9 Å². The summed E-state index contributed by atoms with van der Waals surface area (Å²) in [5.74, 6) is -0.996. The highest BCUT2D eigenvalue weighted by Gasteiger charge is 2.34. The lowest BCUT2D eigenvalue weighted by molar-refractivity contribution is -0.130. The number of hydrogen-bond acceptors (Lipinski definition) is 5. The van der Waals surface area contributed by atoms with Crippen LogP contribution in [0.2, 0.25) is 0 Å². The smallest absolute Gasteiger partial charge is 0.293 e. The molecule has 25 heavy (non-hydrogen) atoms. The first-order chi connectivity index (χ1) is 12.0. The fraction of sp³-hybridized carbons (Fsp3) is 0.353. The van der Waals surface area contributed by atoms with Gasteiger partial charge in [-0.3, -0.25) is 19.3 Å². The first kappa shape index (κ1) is 17.6. The molecular weight excluding hydrogens is 347 g/mol. The fourth-order valence-corrected chi connectivity index (χ4v) is 3.46. The quantitative estimate of drug-likeness (QED) is 0.811. The first-order valence-electron chi connectivity index (χ1n) is 7.95. The second-order valence-corrected chi connectivity index (χ2v) is 6.67. The van der Waals surface area contributed by atoms with Crippen molar-refractivity contribution in [1.29, 1.82) is 0 Å². The molecule has 8 heteroatoms. The van der Waals surface area contributed by atoms with Crippen molar-refractivity contribution in [2.24, 2.45) is 0 Å². The van der Waals surface area contributed by atoms with Gasteiger partial charge in [-0.2, -0.15) is 0 Å². The second-order valence-electron chi connectivity index (χ2n) is 5.68. The molecule has 132 valence electrons. The minimum atomic E-state index is -0.437. The van der Waals surface area contributed by atoms with Crippen molar-refractivity contribution in [3.05, 3.63) is 40.6 Å². The van der Waals surface area contributed by atoms with Crippen molar-refractivity contribution in [3.8, 4) is 0 Å². The summed E-state index contributed by atoms with van der Waals surface area (Å²) >= 11 is 0.832. The summed E-state index contributed by atoms with van der Waals surface area (Å²) in [6, 6.07) is 5.64. The zero-order chi connectivity index (χ0) is 17.8. The summed E-state index contributed by atoms with van der Waals surface area (Å²) in [6.07, 6.45) is 2.66. The number of nitrogens with one attached hydrogen (secondary N) is 1. The van der Waals surface area contributed by atoms with E-state index in [4.69, 9.17) is 4.74 Å². The summed E-state index contributed by atoms with van der Waals surface area (Å²) in [6.45, 7) is 0.861. The van der Waals surface area contributed by atoms with Gasteiger partial charge >= 0.3 is 0 Å². The molecule has 2 aliphatic rings. The van der Waals surface area contributed by atoms with E-state index in [1.54, 1.807) is 6.08 Å². The Balaban J connectivity index is 1.55. The number of carbonyl (C=O) groups is 3. The molecular formula is C17H17FN2O4S. The third-order valence-electron chi connectivity index (χ3n) is 3.90. The molecule has 1 aromatic rings. The Morgan fingerprint density at radius 3 is 2.80 bits per heavy atom. The van der Waals surface area contributed by atoms with E-state index in [1.165, 1.54) is 24.3 Å². The average molecular weight is 364 g/mol. The van der Waals surface area contributed by atoms with Gasteiger partial charge in [0.15, 0.2) is 0 Å².